The van der Waals surface area contributed by atoms with Crippen molar-refractivity contribution in [3.63, 3.8) is 0 Å². The second kappa shape index (κ2) is 9.34. The van der Waals surface area contributed by atoms with E-state index in [1.807, 2.05) is 17.0 Å². The molecule has 6 nitrogen and oxygen atoms in total. The van der Waals surface area contributed by atoms with Crippen molar-refractivity contribution in [2.45, 2.75) is 25.8 Å². The topological polar surface area (TPSA) is 65.5 Å². The number of hydrogen-bond acceptors (Lipinski definition) is 4. The van der Waals surface area contributed by atoms with Gasteiger partial charge in [0.1, 0.15) is 5.82 Å². The standard InChI is InChI=1S/C23H27FN4O2/c24-20-3-5-21(6-4-20)26-22(29)18-13-19(23(30)28-11-1-2-12-28)16-27(15-18)14-17-7-9-25-10-8-17/h3-10,18-19H,1-2,11-16H2,(H,26,29)/t18-,19+/m1/s1. The maximum absolute atomic E-state index is 13.2. The van der Waals surface area contributed by atoms with E-state index in [4.69, 9.17) is 0 Å². The lowest BCUT2D eigenvalue weighted by Gasteiger charge is -2.38. The first-order valence-corrected chi connectivity index (χ1v) is 10.5. The van der Waals surface area contributed by atoms with Gasteiger partial charge in [-0.2, -0.15) is 0 Å². The van der Waals surface area contributed by atoms with Crippen LogP contribution in [0.3, 0.4) is 0 Å². The van der Waals surface area contributed by atoms with E-state index in [0.717, 1.165) is 31.5 Å². The first kappa shape index (κ1) is 20.5. The number of hydrogen-bond donors (Lipinski definition) is 1. The Hall–Kier alpha value is -2.80. The van der Waals surface area contributed by atoms with Crippen LogP contribution in [0.25, 0.3) is 0 Å². The molecule has 2 saturated heterocycles. The molecule has 0 radical (unpaired) electrons. The molecule has 3 heterocycles. The molecule has 158 valence electrons. The summed E-state index contributed by atoms with van der Waals surface area (Å²) in [6.07, 6.45) is 6.15. The van der Waals surface area contributed by atoms with Crippen LogP contribution < -0.4 is 5.32 Å². The van der Waals surface area contributed by atoms with E-state index in [-0.39, 0.29) is 29.5 Å². The van der Waals surface area contributed by atoms with Gasteiger partial charge in [-0.1, -0.05) is 0 Å². The summed E-state index contributed by atoms with van der Waals surface area (Å²) in [5.74, 6) is -0.804. The highest BCUT2D eigenvalue weighted by Gasteiger charge is 2.37. The smallest absolute Gasteiger partial charge is 0.228 e. The summed E-state index contributed by atoms with van der Waals surface area (Å²) in [4.78, 5) is 34.2. The fourth-order valence-electron chi connectivity index (χ4n) is 4.41. The third-order valence-electron chi connectivity index (χ3n) is 5.93. The minimum atomic E-state index is -0.342. The van der Waals surface area contributed by atoms with Gasteiger partial charge in [0.05, 0.1) is 11.8 Å². The molecule has 0 unspecified atom stereocenters. The van der Waals surface area contributed by atoms with Gasteiger partial charge < -0.3 is 10.2 Å². The monoisotopic (exact) mass is 410 g/mol. The minimum Gasteiger partial charge on any atom is -0.342 e. The van der Waals surface area contributed by atoms with Gasteiger partial charge in [-0.25, -0.2) is 4.39 Å². The van der Waals surface area contributed by atoms with Gasteiger partial charge in [0, 0.05) is 50.8 Å². The first-order chi connectivity index (χ1) is 14.6. The van der Waals surface area contributed by atoms with E-state index >= 15 is 0 Å². The average Bonchev–Trinajstić information content (AvgIpc) is 3.30. The van der Waals surface area contributed by atoms with Gasteiger partial charge in [0.25, 0.3) is 0 Å². The molecule has 2 atom stereocenters. The van der Waals surface area contributed by atoms with Crippen molar-refractivity contribution in [2.24, 2.45) is 11.8 Å². The van der Waals surface area contributed by atoms with Gasteiger partial charge in [-0.3, -0.25) is 19.5 Å². The van der Waals surface area contributed by atoms with Gasteiger partial charge in [0.2, 0.25) is 11.8 Å². The molecular formula is C23H27FN4O2. The number of halogens is 1. The Balaban J connectivity index is 1.48. The van der Waals surface area contributed by atoms with E-state index in [1.165, 1.54) is 12.1 Å². The molecule has 0 saturated carbocycles. The molecule has 2 aliphatic rings. The Morgan fingerprint density at radius 1 is 1.00 bits per heavy atom. The SMILES string of the molecule is O=C(Nc1ccc(F)cc1)[C@@H]1C[C@H](C(=O)N2CCCC2)CN(Cc2ccncc2)C1. The molecule has 0 aliphatic carbocycles. The second-order valence-corrected chi connectivity index (χ2v) is 8.21. The zero-order valence-electron chi connectivity index (χ0n) is 17.0. The van der Waals surface area contributed by atoms with E-state index < -0.39 is 0 Å². The lowest BCUT2D eigenvalue weighted by molar-refractivity contribution is -0.138. The maximum Gasteiger partial charge on any atom is 0.228 e. The van der Waals surface area contributed by atoms with Crippen LogP contribution in [0.15, 0.2) is 48.8 Å². The summed E-state index contributed by atoms with van der Waals surface area (Å²) in [5, 5.41) is 2.89. The largest absolute Gasteiger partial charge is 0.342 e. The Morgan fingerprint density at radius 3 is 2.37 bits per heavy atom. The van der Waals surface area contributed by atoms with Crippen molar-refractivity contribution >= 4 is 17.5 Å². The number of benzene rings is 1. The third kappa shape index (κ3) is 5.02. The number of anilines is 1. The fourth-order valence-corrected chi connectivity index (χ4v) is 4.41. The molecule has 1 N–H and O–H groups in total. The Morgan fingerprint density at radius 2 is 1.67 bits per heavy atom. The molecular weight excluding hydrogens is 383 g/mol. The number of carbonyl (C=O) groups excluding carboxylic acids is 2. The summed E-state index contributed by atoms with van der Waals surface area (Å²) in [7, 11) is 0. The van der Waals surface area contributed by atoms with Gasteiger partial charge in [-0.05, 0) is 61.2 Å². The molecule has 2 aliphatic heterocycles. The molecule has 2 amide bonds. The number of carbonyl (C=O) groups is 2. The van der Waals surface area contributed by atoms with Crippen LogP contribution in [0.5, 0.6) is 0 Å². The number of amides is 2. The molecule has 0 bridgehead atoms. The van der Waals surface area contributed by atoms with Crippen LogP contribution in [0.1, 0.15) is 24.8 Å². The van der Waals surface area contributed by atoms with E-state index in [0.29, 0.717) is 31.7 Å². The van der Waals surface area contributed by atoms with E-state index in [2.05, 4.69) is 15.2 Å². The van der Waals surface area contributed by atoms with Crippen molar-refractivity contribution in [1.82, 2.24) is 14.8 Å². The quantitative estimate of drug-likeness (QED) is 0.823. The molecule has 4 rings (SSSR count). The summed E-state index contributed by atoms with van der Waals surface area (Å²) >= 11 is 0. The molecule has 1 aromatic carbocycles. The van der Waals surface area contributed by atoms with Crippen LogP contribution in [-0.4, -0.2) is 52.8 Å². The predicted molar refractivity (Wildman–Crippen MR) is 112 cm³/mol. The van der Waals surface area contributed by atoms with E-state index in [1.54, 1.807) is 24.5 Å². The van der Waals surface area contributed by atoms with Crippen LogP contribution >= 0.6 is 0 Å². The van der Waals surface area contributed by atoms with Crippen LogP contribution in [-0.2, 0) is 16.1 Å². The normalized spacial score (nSPS) is 22.1. The number of nitrogens with zero attached hydrogens (tertiary/aromatic N) is 3. The average molecular weight is 410 g/mol. The van der Waals surface area contributed by atoms with Crippen LogP contribution in [0, 0.1) is 17.7 Å². The summed E-state index contributed by atoms with van der Waals surface area (Å²) in [6, 6.07) is 9.67. The predicted octanol–water partition coefficient (Wildman–Crippen LogP) is 2.92. The highest BCUT2D eigenvalue weighted by molar-refractivity contribution is 5.93. The van der Waals surface area contributed by atoms with Gasteiger partial charge >= 0.3 is 0 Å². The zero-order chi connectivity index (χ0) is 20.9. The van der Waals surface area contributed by atoms with Crippen LogP contribution in [0.2, 0.25) is 0 Å². The van der Waals surface area contributed by atoms with E-state index in [9.17, 15) is 14.0 Å². The summed E-state index contributed by atoms with van der Waals surface area (Å²) in [5.41, 5.74) is 1.67. The van der Waals surface area contributed by atoms with Crippen molar-refractivity contribution in [1.29, 1.82) is 0 Å². The lowest BCUT2D eigenvalue weighted by Crippen LogP contribution is -2.49. The molecule has 7 heteroatoms. The Bertz CT molecular complexity index is 869. The molecule has 30 heavy (non-hydrogen) atoms. The highest BCUT2D eigenvalue weighted by atomic mass is 19.1. The van der Waals surface area contributed by atoms with Gasteiger partial charge in [0.15, 0.2) is 0 Å². The van der Waals surface area contributed by atoms with Gasteiger partial charge in [-0.15, -0.1) is 0 Å². The molecule has 2 aromatic rings. The Labute approximate surface area is 176 Å². The summed E-state index contributed by atoms with van der Waals surface area (Å²) in [6.45, 7) is 3.53. The van der Waals surface area contributed by atoms with Crippen LogP contribution in [0.4, 0.5) is 10.1 Å². The highest BCUT2D eigenvalue weighted by Crippen LogP contribution is 2.27. The lowest BCUT2D eigenvalue weighted by atomic mass is 9.87. The fraction of sp³-hybridized carbons (Fsp3) is 0.435. The molecule has 0 spiro atoms. The van der Waals surface area contributed by atoms with Crippen molar-refractivity contribution in [2.75, 3.05) is 31.5 Å². The first-order valence-electron chi connectivity index (χ1n) is 10.5. The number of aromatic nitrogens is 1. The van der Waals surface area contributed by atoms with Crippen molar-refractivity contribution < 1.29 is 14.0 Å². The molecule has 2 fully saturated rings. The van der Waals surface area contributed by atoms with Crippen molar-refractivity contribution in [3.8, 4) is 0 Å². The minimum absolute atomic E-state index is 0.125. The number of nitrogens with one attached hydrogen (secondary N) is 1. The number of rotatable bonds is 5. The molecule has 1 aromatic heterocycles. The Kier molecular flexibility index (Phi) is 6.38. The zero-order valence-corrected chi connectivity index (χ0v) is 17.0. The maximum atomic E-state index is 13.2. The number of piperidine rings is 1. The third-order valence-corrected chi connectivity index (χ3v) is 5.93. The number of pyridine rings is 1. The summed E-state index contributed by atoms with van der Waals surface area (Å²) < 4.78 is 13.2. The second-order valence-electron chi connectivity index (χ2n) is 8.21. The number of likely N-dealkylation sites (tertiary alicyclic amines) is 2. The van der Waals surface area contributed by atoms with Crippen molar-refractivity contribution in [3.05, 3.63) is 60.2 Å².